The van der Waals surface area contributed by atoms with E-state index < -0.39 is 0 Å². The Balaban J connectivity index is 2.19. The average Bonchev–Trinajstić information content (AvgIpc) is 2.50. The van der Waals surface area contributed by atoms with E-state index in [1.165, 1.54) is 12.3 Å². The number of pyridine rings is 1. The fourth-order valence-corrected chi connectivity index (χ4v) is 1.79. The molecule has 0 bridgehead atoms. The lowest BCUT2D eigenvalue weighted by molar-refractivity contribution is 0.102. The largest absolute Gasteiger partial charge is 0.409 e. The number of hydrogen-bond acceptors (Lipinski definition) is 4. The van der Waals surface area contributed by atoms with Crippen LogP contribution in [-0.2, 0) is 0 Å². The number of hydrogen-bond donors (Lipinski definition) is 3. The van der Waals surface area contributed by atoms with E-state index in [1.807, 2.05) is 32.0 Å². The first-order valence-electron chi connectivity index (χ1n) is 6.34. The van der Waals surface area contributed by atoms with Crippen LogP contribution in [0.2, 0.25) is 0 Å². The van der Waals surface area contributed by atoms with E-state index in [-0.39, 0.29) is 17.4 Å². The molecule has 0 radical (unpaired) electrons. The number of nitrogens with zero attached hydrogens (tertiary/aromatic N) is 2. The average molecular weight is 284 g/mol. The van der Waals surface area contributed by atoms with E-state index in [0.717, 1.165) is 16.8 Å². The molecule has 2 rings (SSSR count). The molecular weight excluding hydrogens is 268 g/mol. The number of benzene rings is 1. The molecule has 0 saturated heterocycles. The Bertz CT molecular complexity index is 693. The lowest BCUT2D eigenvalue weighted by atomic mass is 10.1. The minimum atomic E-state index is -0.310. The van der Waals surface area contributed by atoms with Crippen molar-refractivity contribution in [1.82, 2.24) is 4.98 Å². The highest BCUT2D eigenvalue weighted by atomic mass is 16.4. The number of nitrogens with one attached hydrogen (secondary N) is 1. The number of amides is 1. The van der Waals surface area contributed by atoms with Crippen molar-refractivity contribution in [3.05, 3.63) is 58.9 Å². The van der Waals surface area contributed by atoms with Crippen LogP contribution in [0.5, 0.6) is 0 Å². The number of oxime groups is 1. The van der Waals surface area contributed by atoms with Crippen molar-refractivity contribution in [1.29, 1.82) is 0 Å². The quantitative estimate of drug-likeness (QED) is 0.347. The third kappa shape index (κ3) is 3.36. The highest BCUT2D eigenvalue weighted by Gasteiger charge is 2.10. The van der Waals surface area contributed by atoms with Gasteiger partial charge in [0.25, 0.3) is 5.91 Å². The summed E-state index contributed by atoms with van der Waals surface area (Å²) in [7, 11) is 0. The van der Waals surface area contributed by atoms with Crippen LogP contribution in [0.25, 0.3) is 0 Å². The molecule has 0 aliphatic carbocycles. The van der Waals surface area contributed by atoms with E-state index in [9.17, 15) is 4.79 Å². The summed E-state index contributed by atoms with van der Waals surface area (Å²) in [5.41, 5.74) is 8.93. The summed E-state index contributed by atoms with van der Waals surface area (Å²) in [5.74, 6) is -0.362. The molecule has 1 aromatic carbocycles. The van der Waals surface area contributed by atoms with Crippen LogP contribution < -0.4 is 11.1 Å². The van der Waals surface area contributed by atoms with Crippen molar-refractivity contribution in [2.45, 2.75) is 13.8 Å². The van der Waals surface area contributed by atoms with Crippen molar-refractivity contribution in [3.63, 3.8) is 0 Å². The summed E-state index contributed by atoms with van der Waals surface area (Å²) >= 11 is 0. The molecule has 0 aliphatic heterocycles. The van der Waals surface area contributed by atoms with Gasteiger partial charge in [0.2, 0.25) is 0 Å². The zero-order chi connectivity index (χ0) is 15.4. The van der Waals surface area contributed by atoms with Gasteiger partial charge in [0.1, 0.15) is 5.69 Å². The highest BCUT2D eigenvalue weighted by molar-refractivity contribution is 6.04. The van der Waals surface area contributed by atoms with Crippen molar-refractivity contribution in [3.8, 4) is 0 Å². The third-order valence-corrected chi connectivity index (χ3v) is 3.04. The molecule has 4 N–H and O–H groups in total. The maximum atomic E-state index is 12.1. The normalized spacial score (nSPS) is 11.2. The number of aryl methyl sites for hydroxylation is 2. The first kappa shape index (κ1) is 14.5. The second kappa shape index (κ2) is 6.04. The van der Waals surface area contributed by atoms with Crippen molar-refractivity contribution < 1.29 is 10.0 Å². The molecule has 1 aromatic heterocycles. The molecular formula is C15H16N4O2. The van der Waals surface area contributed by atoms with Crippen LogP contribution in [0, 0.1) is 13.8 Å². The first-order valence-corrected chi connectivity index (χ1v) is 6.34. The molecule has 108 valence electrons. The fraction of sp³-hybridized carbons (Fsp3) is 0.133. The van der Waals surface area contributed by atoms with Crippen LogP contribution in [0.4, 0.5) is 5.69 Å². The maximum Gasteiger partial charge on any atom is 0.274 e. The molecule has 0 aliphatic rings. The Morgan fingerprint density at radius 3 is 2.67 bits per heavy atom. The van der Waals surface area contributed by atoms with Crippen molar-refractivity contribution in [2.75, 3.05) is 5.32 Å². The summed E-state index contributed by atoms with van der Waals surface area (Å²) in [4.78, 5) is 16.2. The molecule has 0 spiro atoms. The number of amidine groups is 1. The number of carbonyl (C=O) groups excluding carboxylic acids is 1. The van der Waals surface area contributed by atoms with Crippen LogP contribution in [0.15, 0.2) is 41.7 Å². The number of rotatable bonds is 3. The predicted molar refractivity (Wildman–Crippen MR) is 80.6 cm³/mol. The Hall–Kier alpha value is -2.89. The molecule has 21 heavy (non-hydrogen) atoms. The molecule has 6 nitrogen and oxygen atoms in total. The second-order valence-corrected chi connectivity index (χ2v) is 4.69. The molecule has 1 amide bonds. The Labute approximate surface area is 122 Å². The van der Waals surface area contributed by atoms with Gasteiger partial charge in [0, 0.05) is 17.4 Å². The van der Waals surface area contributed by atoms with E-state index in [1.54, 1.807) is 6.07 Å². The standard InChI is InChI=1S/C15H16N4O2/c1-9-3-4-10(2)13(7-9)18-15(20)12-6-5-11(8-17-12)14(16)19-21/h3-8,21H,1-2H3,(H2,16,19)(H,18,20). The smallest absolute Gasteiger partial charge is 0.274 e. The van der Waals surface area contributed by atoms with Gasteiger partial charge in [-0.25, -0.2) is 0 Å². The van der Waals surface area contributed by atoms with Crippen LogP contribution in [0.1, 0.15) is 27.2 Å². The lowest BCUT2D eigenvalue weighted by Gasteiger charge is -2.09. The van der Waals surface area contributed by atoms with E-state index in [2.05, 4.69) is 15.5 Å². The Kier molecular flexibility index (Phi) is 4.18. The number of aromatic nitrogens is 1. The van der Waals surface area contributed by atoms with Gasteiger partial charge in [-0.15, -0.1) is 0 Å². The molecule has 1 heterocycles. The van der Waals surface area contributed by atoms with Gasteiger partial charge in [-0.05, 0) is 43.2 Å². The molecule has 0 atom stereocenters. The van der Waals surface area contributed by atoms with Crippen LogP contribution >= 0.6 is 0 Å². The minimum absolute atomic E-state index is 0.0519. The summed E-state index contributed by atoms with van der Waals surface area (Å²) in [6, 6.07) is 8.92. The van der Waals surface area contributed by atoms with Gasteiger partial charge in [0.05, 0.1) is 0 Å². The molecule has 2 aromatic rings. The second-order valence-electron chi connectivity index (χ2n) is 4.69. The fourth-order valence-electron chi connectivity index (χ4n) is 1.79. The van der Waals surface area contributed by atoms with Gasteiger partial charge >= 0.3 is 0 Å². The maximum absolute atomic E-state index is 12.1. The Morgan fingerprint density at radius 1 is 1.29 bits per heavy atom. The summed E-state index contributed by atoms with van der Waals surface area (Å²) in [5, 5.41) is 14.3. The SMILES string of the molecule is Cc1ccc(C)c(NC(=O)c2ccc(C(N)=NO)cn2)c1. The molecule has 0 fully saturated rings. The third-order valence-electron chi connectivity index (χ3n) is 3.04. The van der Waals surface area contributed by atoms with Crippen LogP contribution in [0.3, 0.4) is 0 Å². The summed E-state index contributed by atoms with van der Waals surface area (Å²) in [6.07, 6.45) is 1.38. The van der Waals surface area contributed by atoms with Gasteiger partial charge in [-0.3, -0.25) is 9.78 Å². The van der Waals surface area contributed by atoms with Crippen molar-refractivity contribution in [2.24, 2.45) is 10.9 Å². The molecule has 0 unspecified atom stereocenters. The van der Waals surface area contributed by atoms with E-state index >= 15 is 0 Å². The van der Waals surface area contributed by atoms with Gasteiger partial charge in [0.15, 0.2) is 5.84 Å². The summed E-state index contributed by atoms with van der Waals surface area (Å²) < 4.78 is 0. The lowest BCUT2D eigenvalue weighted by Crippen LogP contribution is -2.17. The van der Waals surface area contributed by atoms with Crippen LogP contribution in [-0.4, -0.2) is 21.9 Å². The topological polar surface area (TPSA) is 101 Å². The minimum Gasteiger partial charge on any atom is -0.409 e. The van der Waals surface area contributed by atoms with Gasteiger partial charge in [-0.2, -0.15) is 0 Å². The zero-order valence-corrected chi connectivity index (χ0v) is 11.8. The van der Waals surface area contributed by atoms with Gasteiger partial charge in [-0.1, -0.05) is 17.3 Å². The molecule has 6 heteroatoms. The predicted octanol–water partition coefficient (Wildman–Crippen LogP) is 2.05. The highest BCUT2D eigenvalue weighted by Crippen LogP contribution is 2.17. The van der Waals surface area contributed by atoms with E-state index in [4.69, 9.17) is 10.9 Å². The van der Waals surface area contributed by atoms with Crippen molar-refractivity contribution >= 4 is 17.4 Å². The number of nitrogens with two attached hydrogens (primary N) is 1. The number of carbonyl (C=O) groups is 1. The molecule has 0 saturated carbocycles. The monoisotopic (exact) mass is 284 g/mol. The number of anilines is 1. The Morgan fingerprint density at radius 2 is 2.05 bits per heavy atom. The van der Waals surface area contributed by atoms with Gasteiger partial charge < -0.3 is 16.3 Å². The van der Waals surface area contributed by atoms with E-state index in [0.29, 0.717) is 5.56 Å². The summed E-state index contributed by atoms with van der Waals surface area (Å²) in [6.45, 7) is 3.88. The first-order chi connectivity index (χ1) is 10.0. The zero-order valence-electron chi connectivity index (χ0n) is 11.8.